The van der Waals surface area contributed by atoms with Crippen LogP contribution in [0.1, 0.15) is 23.2 Å². The van der Waals surface area contributed by atoms with Gasteiger partial charge in [0.2, 0.25) is 5.91 Å². The Morgan fingerprint density at radius 2 is 2.19 bits per heavy atom. The summed E-state index contributed by atoms with van der Waals surface area (Å²) < 4.78 is 1.42. The molecule has 0 saturated carbocycles. The highest BCUT2D eigenvalue weighted by atomic mass is 35.5. The van der Waals surface area contributed by atoms with Crippen LogP contribution in [0.5, 0.6) is 0 Å². The van der Waals surface area contributed by atoms with Crippen molar-refractivity contribution in [2.75, 3.05) is 26.2 Å². The van der Waals surface area contributed by atoms with Crippen LogP contribution in [-0.4, -0.2) is 63.1 Å². The first-order valence-electron chi connectivity index (χ1n) is 8.40. The Morgan fingerprint density at radius 1 is 1.37 bits per heavy atom. The van der Waals surface area contributed by atoms with Crippen LogP contribution in [-0.2, 0) is 4.79 Å². The molecular formula is C16H21Cl2N7O2. The second kappa shape index (κ2) is 9.63. The Morgan fingerprint density at radius 3 is 2.89 bits per heavy atom. The summed E-state index contributed by atoms with van der Waals surface area (Å²) in [7, 11) is 0. The number of halogens is 2. The zero-order valence-corrected chi connectivity index (χ0v) is 16.1. The summed E-state index contributed by atoms with van der Waals surface area (Å²) in [5, 5.41) is 14.3. The fourth-order valence-electron chi connectivity index (χ4n) is 3.04. The molecule has 27 heavy (non-hydrogen) atoms. The van der Waals surface area contributed by atoms with Crippen molar-refractivity contribution in [1.82, 2.24) is 30.4 Å². The van der Waals surface area contributed by atoms with Crippen molar-refractivity contribution in [3.8, 4) is 5.69 Å². The molecule has 0 radical (unpaired) electrons. The number of piperidine rings is 1. The van der Waals surface area contributed by atoms with Gasteiger partial charge in [0, 0.05) is 31.2 Å². The molecule has 0 bridgehead atoms. The monoisotopic (exact) mass is 413 g/mol. The standard InChI is InChI=1S/C16H20ClN7O2.ClH/c17-12-3-4-14(24-10-20-21-22-24)13(8-12)16(26)23-7-1-2-11(9-23)15(25)19-6-5-18;/h3-4,8,10-11H,1-2,5-7,9,18H2,(H,19,25);1H. The molecule has 1 aromatic carbocycles. The number of benzene rings is 1. The van der Waals surface area contributed by atoms with Crippen molar-refractivity contribution in [3.05, 3.63) is 35.1 Å². The third kappa shape index (κ3) is 4.94. The number of likely N-dealkylation sites (tertiary alicyclic amines) is 1. The number of amides is 2. The van der Waals surface area contributed by atoms with E-state index < -0.39 is 0 Å². The SMILES string of the molecule is Cl.NCCNC(=O)C1CCCN(C(=O)c2cc(Cl)ccc2-n2cnnn2)C1. The summed E-state index contributed by atoms with van der Waals surface area (Å²) in [4.78, 5) is 27.0. The van der Waals surface area contributed by atoms with E-state index in [2.05, 4.69) is 20.8 Å². The van der Waals surface area contributed by atoms with Gasteiger partial charge in [-0.05, 0) is 41.5 Å². The Balaban J connectivity index is 0.00000261. The molecule has 1 aliphatic heterocycles. The highest BCUT2D eigenvalue weighted by Gasteiger charge is 2.30. The molecule has 2 heterocycles. The van der Waals surface area contributed by atoms with Crippen LogP contribution in [0.3, 0.4) is 0 Å². The fraction of sp³-hybridized carbons (Fsp3) is 0.438. The van der Waals surface area contributed by atoms with E-state index in [1.165, 1.54) is 11.0 Å². The average Bonchev–Trinajstić information content (AvgIpc) is 3.20. The zero-order valence-electron chi connectivity index (χ0n) is 14.5. The summed E-state index contributed by atoms with van der Waals surface area (Å²) in [6, 6.07) is 4.97. The van der Waals surface area contributed by atoms with E-state index in [4.69, 9.17) is 17.3 Å². The predicted molar refractivity (Wildman–Crippen MR) is 102 cm³/mol. The van der Waals surface area contributed by atoms with E-state index in [1.807, 2.05) is 0 Å². The van der Waals surface area contributed by atoms with E-state index in [9.17, 15) is 9.59 Å². The van der Waals surface area contributed by atoms with Crippen LogP contribution in [0, 0.1) is 5.92 Å². The van der Waals surface area contributed by atoms with Gasteiger partial charge < -0.3 is 16.0 Å². The van der Waals surface area contributed by atoms with Gasteiger partial charge in [0.05, 0.1) is 17.2 Å². The van der Waals surface area contributed by atoms with Gasteiger partial charge >= 0.3 is 0 Å². The first-order chi connectivity index (χ1) is 12.6. The maximum absolute atomic E-state index is 13.1. The number of carbonyl (C=O) groups excluding carboxylic acids is 2. The summed E-state index contributed by atoms with van der Waals surface area (Å²) >= 11 is 6.09. The van der Waals surface area contributed by atoms with Gasteiger partial charge in [-0.1, -0.05) is 11.6 Å². The lowest BCUT2D eigenvalue weighted by atomic mass is 9.96. The molecule has 146 valence electrons. The maximum atomic E-state index is 13.1. The second-order valence-corrected chi connectivity index (χ2v) is 6.52. The minimum Gasteiger partial charge on any atom is -0.355 e. The Kier molecular flexibility index (Phi) is 7.52. The lowest BCUT2D eigenvalue weighted by Gasteiger charge is -2.32. The van der Waals surface area contributed by atoms with Crippen molar-refractivity contribution < 1.29 is 9.59 Å². The van der Waals surface area contributed by atoms with E-state index in [-0.39, 0.29) is 30.1 Å². The van der Waals surface area contributed by atoms with Crippen LogP contribution in [0.2, 0.25) is 5.02 Å². The van der Waals surface area contributed by atoms with Crippen LogP contribution in [0.15, 0.2) is 24.5 Å². The zero-order chi connectivity index (χ0) is 18.5. The lowest BCUT2D eigenvalue weighted by molar-refractivity contribution is -0.126. The molecule has 1 unspecified atom stereocenters. The summed E-state index contributed by atoms with van der Waals surface area (Å²) in [6.07, 6.45) is 2.92. The largest absolute Gasteiger partial charge is 0.355 e. The Bertz CT molecular complexity index is 785. The first kappa shape index (κ1) is 21.1. The minimum absolute atomic E-state index is 0. The molecule has 2 amide bonds. The van der Waals surface area contributed by atoms with E-state index >= 15 is 0 Å². The number of hydrogen-bond acceptors (Lipinski definition) is 6. The molecule has 0 spiro atoms. The molecular weight excluding hydrogens is 393 g/mol. The highest BCUT2D eigenvalue weighted by Crippen LogP contribution is 2.24. The molecule has 1 atom stereocenters. The fourth-order valence-corrected chi connectivity index (χ4v) is 3.21. The van der Waals surface area contributed by atoms with E-state index in [0.29, 0.717) is 42.5 Å². The number of aromatic nitrogens is 4. The van der Waals surface area contributed by atoms with Gasteiger partial charge in [-0.25, -0.2) is 0 Å². The number of carbonyl (C=O) groups is 2. The molecule has 1 aromatic heterocycles. The van der Waals surface area contributed by atoms with Crippen molar-refractivity contribution >= 4 is 35.8 Å². The molecule has 1 aliphatic rings. The molecule has 1 saturated heterocycles. The first-order valence-corrected chi connectivity index (χ1v) is 8.78. The summed E-state index contributed by atoms with van der Waals surface area (Å²) in [6.45, 7) is 1.76. The quantitative estimate of drug-likeness (QED) is 0.742. The Hall–Kier alpha value is -2.23. The molecule has 11 heteroatoms. The third-order valence-corrected chi connectivity index (χ3v) is 4.54. The van der Waals surface area contributed by atoms with Gasteiger partial charge in [-0.2, -0.15) is 4.68 Å². The Labute approximate surface area is 167 Å². The minimum atomic E-state index is -0.241. The highest BCUT2D eigenvalue weighted by molar-refractivity contribution is 6.31. The van der Waals surface area contributed by atoms with Crippen molar-refractivity contribution in [3.63, 3.8) is 0 Å². The number of tetrazole rings is 1. The molecule has 9 nitrogen and oxygen atoms in total. The molecule has 2 aromatic rings. The van der Waals surface area contributed by atoms with Crippen LogP contribution in [0.25, 0.3) is 5.69 Å². The number of hydrogen-bond donors (Lipinski definition) is 2. The summed E-state index contributed by atoms with van der Waals surface area (Å²) in [5.74, 6) is -0.510. The molecule has 3 N–H and O–H groups in total. The lowest BCUT2D eigenvalue weighted by Crippen LogP contribution is -2.46. The van der Waals surface area contributed by atoms with E-state index in [0.717, 1.165) is 12.8 Å². The normalized spacial score (nSPS) is 16.5. The third-order valence-electron chi connectivity index (χ3n) is 4.31. The number of nitrogens with zero attached hydrogens (tertiary/aromatic N) is 5. The number of rotatable bonds is 5. The van der Waals surface area contributed by atoms with Crippen LogP contribution >= 0.6 is 24.0 Å². The summed E-state index contributed by atoms with van der Waals surface area (Å²) in [5.41, 5.74) is 6.36. The van der Waals surface area contributed by atoms with Crippen molar-refractivity contribution in [1.29, 1.82) is 0 Å². The number of nitrogens with two attached hydrogens (primary N) is 1. The number of nitrogens with one attached hydrogen (secondary N) is 1. The van der Waals surface area contributed by atoms with Crippen LogP contribution in [0.4, 0.5) is 0 Å². The van der Waals surface area contributed by atoms with Crippen molar-refractivity contribution in [2.24, 2.45) is 11.7 Å². The molecule has 3 rings (SSSR count). The predicted octanol–water partition coefficient (Wildman–Crippen LogP) is 0.665. The van der Waals surface area contributed by atoms with E-state index in [1.54, 1.807) is 23.1 Å². The van der Waals surface area contributed by atoms with Gasteiger partial charge in [0.15, 0.2) is 0 Å². The van der Waals surface area contributed by atoms with Gasteiger partial charge in [-0.15, -0.1) is 17.5 Å². The van der Waals surface area contributed by atoms with Gasteiger partial charge in [0.25, 0.3) is 5.91 Å². The van der Waals surface area contributed by atoms with Gasteiger partial charge in [0.1, 0.15) is 6.33 Å². The van der Waals surface area contributed by atoms with Crippen LogP contribution < -0.4 is 11.1 Å². The van der Waals surface area contributed by atoms with Gasteiger partial charge in [-0.3, -0.25) is 9.59 Å². The average molecular weight is 414 g/mol. The van der Waals surface area contributed by atoms with Crippen molar-refractivity contribution in [2.45, 2.75) is 12.8 Å². The molecule has 1 fully saturated rings. The molecule has 0 aliphatic carbocycles. The second-order valence-electron chi connectivity index (χ2n) is 6.09. The topological polar surface area (TPSA) is 119 Å². The smallest absolute Gasteiger partial charge is 0.256 e. The maximum Gasteiger partial charge on any atom is 0.256 e.